The average Bonchev–Trinajstić information content (AvgIpc) is 3.49. The molecule has 0 amide bonds. The van der Waals surface area contributed by atoms with Crippen LogP contribution in [0.1, 0.15) is 47.6 Å². The number of benzene rings is 3. The highest BCUT2D eigenvalue weighted by atomic mass is 19.1. The summed E-state index contributed by atoms with van der Waals surface area (Å²) in [5.41, 5.74) is 5.55. The molecule has 1 aromatic heterocycles. The summed E-state index contributed by atoms with van der Waals surface area (Å²) < 4.78 is 27.3. The van der Waals surface area contributed by atoms with Crippen LogP contribution in [0.15, 0.2) is 66.7 Å². The van der Waals surface area contributed by atoms with Gasteiger partial charge in [0.05, 0.1) is 24.6 Å². The van der Waals surface area contributed by atoms with Crippen LogP contribution in [0.4, 0.5) is 4.39 Å². The summed E-state index contributed by atoms with van der Waals surface area (Å²) in [6.07, 6.45) is 3.68. The van der Waals surface area contributed by atoms with Crippen LogP contribution in [0.5, 0.6) is 0 Å². The lowest BCUT2D eigenvalue weighted by molar-refractivity contribution is -0.0481. The predicted molar refractivity (Wildman–Crippen MR) is 121 cm³/mol. The Kier molecular flexibility index (Phi) is 5.01. The van der Waals surface area contributed by atoms with Gasteiger partial charge in [-0.3, -0.25) is 0 Å². The zero-order valence-electron chi connectivity index (χ0n) is 17.8. The van der Waals surface area contributed by atoms with E-state index in [0.717, 1.165) is 37.1 Å². The van der Waals surface area contributed by atoms with E-state index in [1.165, 1.54) is 39.7 Å². The fourth-order valence-corrected chi connectivity index (χ4v) is 5.24. The molecule has 0 N–H and O–H groups in total. The van der Waals surface area contributed by atoms with Gasteiger partial charge in [0, 0.05) is 11.5 Å². The summed E-state index contributed by atoms with van der Waals surface area (Å²) in [6, 6.07) is 21.7. The van der Waals surface area contributed by atoms with Crippen molar-refractivity contribution in [2.24, 2.45) is 0 Å². The molecule has 4 aromatic rings. The Hall–Kier alpha value is -3.02. The van der Waals surface area contributed by atoms with E-state index in [2.05, 4.69) is 42.5 Å². The Labute approximate surface area is 186 Å². The molecule has 5 heteroatoms. The van der Waals surface area contributed by atoms with E-state index in [4.69, 9.17) is 14.6 Å². The van der Waals surface area contributed by atoms with E-state index in [1.807, 2.05) is 4.68 Å². The average molecular weight is 429 g/mol. The van der Waals surface area contributed by atoms with E-state index in [0.29, 0.717) is 19.1 Å². The summed E-state index contributed by atoms with van der Waals surface area (Å²) in [7, 11) is 0. The van der Waals surface area contributed by atoms with Crippen LogP contribution in [-0.4, -0.2) is 23.0 Å². The van der Waals surface area contributed by atoms with E-state index in [9.17, 15) is 4.39 Å². The van der Waals surface area contributed by atoms with Crippen LogP contribution in [-0.2, 0) is 22.3 Å². The van der Waals surface area contributed by atoms with Gasteiger partial charge in [0.2, 0.25) is 6.29 Å². The second-order valence-corrected chi connectivity index (χ2v) is 8.64. The lowest BCUT2D eigenvalue weighted by Crippen LogP contribution is -2.16. The SMILES string of the molecule is Fc1ccc(-n2nc(C3OCCO3)c3c2C(Cc2cccc4ccccc24)CCC3)cc1. The third-order valence-corrected chi connectivity index (χ3v) is 6.68. The topological polar surface area (TPSA) is 36.3 Å². The molecule has 1 unspecified atom stereocenters. The zero-order valence-corrected chi connectivity index (χ0v) is 17.8. The molecule has 1 aliphatic carbocycles. The molecule has 1 fully saturated rings. The lowest BCUT2D eigenvalue weighted by Gasteiger charge is -2.25. The van der Waals surface area contributed by atoms with Gasteiger partial charge in [-0.25, -0.2) is 9.07 Å². The van der Waals surface area contributed by atoms with Crippen LogP contribution in [0.3, 0.4) is 0 Å². The maximum absolute atomic E-state index is 13.6. The highest BCUT2D eigenvalue weighted by Gasteiger charge is 2.34. The van der Waals surface area contributed by atoms with Crippen LogP contribution in [0.25, 0.3) is 16.5 Å². The summed E-state index contributed by atoms with van der Waals surface area (Å²) in [5.74, 6) is 0.0713. The minimum atomic E-state index is -0.415. The van der Waals surface area contributed by atoms with Crippen molar-refractivity contribution in [1.82, 2.24) is 9.78 Å². The zero-order chi connectivity index (χ0) is 21.5. The van der Waals surface area contributed by atoms with Crippen molar-refractivity contribution < 1.29 is 13.9 Å². The molecular formula is C27H25FN2O2. The number of fused-ring (bicyclic) bond motifs is 2. The van der Waals surface area contributed by atoms with Crippen molar-refractivity contribution >= 4 is 10.8 Å². The van der Waals surface area contributed by atoms with E-state index in [-0.39, 0.29) is 5.82 Å². The van der Waals surface area contributed by atoms with Crippen molar-refractivity contribution in [3.8, 4) is 5.69 Å². The number of halogens is 1. The van der Waals surface area contributed by atoms with Gasteiger partial charge < -0.3 is 9.47 Å². The lowest BCUT2D eigenvalue weighted by atomic mass is 9.81. The maximum atomic E-state index is 13.6. The number of aromatic nitrogens is 2. The Bertz CT molecular complexity index is 1250. The molecule has 6 rings (SSSR count). The minimum Gasteiger partial charge on any atom is -0.345 e. The van der Waals surface area contributed by atoms with E-state index in [1.54, 1.807) is 12.1 Å². The second-order valence-electron chi connectivity index (χ2n) is 8.64. The van der Waals surface area contributed by atoms with Gasteiger partial charge in [-0.15, -0.1) is 0 Å². The van der Waals surface area contributed by atoms with Gasteiger partial charge in [-0.05, 0) is 66.3 Å². The molecule has 0 radical (unpaired) electrons. The van der Waals surface area contributed by atoms with E-state index >= 15 is 0 Å². The summed E-state index contributed by atoms with van der Waals surface area (Å²) in [4.78, 5) is 0. The summed E-state index contributed by atoms with van der Waals surface area (Å²) in [6.45, 7) is 1.17. The molecular weight excluding hydrogens is 403 g/mol. The molecule has 32 heavy (non-hydrogen) atoms. The number of rotatable bonds is 4. The Morgan fingerprint density at radius 1 is 0.938 bits per heavy atom. The molecule has 2 heterocycles. The van der Waals surface area contributed by atoms with Gasteiger partial charge in [0.15, 0.2) is 0 Å². The molecule has 1 aliphatic heterocycles. The first kappa shape index (κ1) is 19.6. The largest absolute Gasteiger partial charge is 0.345 e. The van der Waals surface area contributed by atoms with Crippen molar-refractivity contribution in [2.75, 3.05) is 13.2 Å². The smallest absolute Gasteiger partial charge is 0.203 e. The van der Waals surface area contributed by atoms with Crippen molar-refractivity contribution in [3.63, 3.8) is 0 Å². The standard InChI is InChI=1S/C27H25FN2O2/c28-21-11-13-22(14-12-21)30-26-20(17-19-7-3-6-18-5-1-2-9-23(18)19)8-4-10-24(26)25(29-30)27-31-15-16-32-27/h1-3,5-7,9,11-14,20,27H,4,8,10,15-17H2. The quantitative estimate of drug-likeness (QED) is 0.408. The molecule has 2 aliphatic rings. The van der Waals surface area contributed by atoms with Gasteiger partial charge >= 0.3 is 0 Å². The molecule has 1 saturated heterocycles. The van der Waals surface area contributed by atoms with Gasteiger partial charge in [-0.2, -0.15) is 5.10 Å². The molecule has 0 saturated carbocycles. The minimum absolute atomic E-state index is 0.246. The highest BCUT2D eigenvalue weighted by Crippen LogP contribution is 2.41. The van der Waals surface area contributed by atoms with Crippen LogP contribution in [0.2, 0.25) is 0 Å². The van der Waals surface area contributed by atoms with Crippen LogP contribution in [0, 0.1) is 5.82 Å². The predicted octanol–water partition coefficient (Wildman–Crippen LogP) is 5.87. The monoisotopic (exact) mass is 428 g/mol. The molecule has 3 aromatic carbocycles. The summed E-state index contributed by atoms with van der Waals surface area (Å²) >= 11 is 0. The van der Waals surface area contributed by atoms with Gasteiger partial charge in [0.25, 0.3) is 0 Å². The molecule has 162 valence electrons. The van der Waals surface area contributed by atoms with E-state index < -0.39 is 6.29 Å². The first-order chi connectivity index (χ1) is 15.8. The number of hydrogen-bond donors (Lipinski definition) is 0. The van der Waals surface area contributed by atoms with Crippen molar-refractivity contribution in [3.05, 3.63) is 95.1 Å². The fraction of sp³-hybridized carbons (Fsp3) is 0.296. The van der Waals surface area contributed by atoms with Crippen LogP contribution < -0.4 is 0 Å². The first-order valence-corrected chi connectivity index (χ1v) is 11.4. The van der Waals surface area contributed by atoms with Crippen LogP contribution >= 0.6 is 0 Å². The highest BCUT2D eigenvalue weighted by molar-refractivity contribution is 5.85. The Morgan fingerprint density at radius 3 is 2.56 bits per heavy atom. The van der Waals surface area contributed by atoms with Gasteiger partial charge in [0.1, 0.15) is 11.5 Å². The summed E-state index contributed by atoms with van der Waals surface area (Å²) in [5, 5.41) is 7.54. The fourth-order valence-electron chi connectivity index (χ4n) is 5.24. The second kappa shape index (κ2) is 8.15. The van der Waals surface area contributed by atoms with Crippen molar-refractivity contribution in [2.45, 2.75) is 37.9 Å². The normalized spacial score (nSPS) is 18.8. The van der Waals surface area contributed by atoms with Crippen molar-refractivity contribution in [1.29, 1.82) is 0 Å². The molecule has 1 atom stereocenters. The first-order valence-electron chi connectivity index (χ1n) is 11.4. The van der Waals surface area contributed by atoms with Gasteiger partial charge in [-0.1, -0.05) is 42.5 Å². The Morgan fingerprint density at radius 2 is 1.72 bits per heavy atom. The number of nitrogens with zero attached hydrogens (tertiary/aromatic N) is 2. The molecule has 4 nitrogen and oxygen atoms in total. The molecule has 0 bridgehead atoms. The molecule has 0 spiro atoms. The number of ether oxygens (including phenoxy) is 2. The third kappa shape index (κ3) is 3.42. The third-order valence-electron chi connectivity index (χ3n) is 6.68. The maximum Gasteiger partial charge on any atom is 0.203 e. The Balaban J connectivity index is 1.47. The number of hydrogen-bond acceptors (Lipinski definition) is 3.